The van der Waals surface area contributed by atoms with Gasteiger partial charge in [0.25, 0.3) is 0 Å². The normalized spacial score (nSPS) is 12.0. The van der Waals surface area contributed by atoms with Crippen molar-refractivity contribution in [3.8, 4) is 0 Å². The Morgan fingerprint density at radius 2 is 0.943 bits per heavy atom. The van der Waals surface area contributed by atoms with E-state index < -0.39 is 0 Å². The summed E-state index contributed by atoms with van der Waals surface area (Å²) in [7, 11) is 0. The number of nitrogens with zero attached hydrogens (tertiary/aromatic N) is 2. The summed E-state index contributed by atoms with van der Waals surface area (Å²) in [5.74, 6) is 0. The molecule has 0 unspecified atom stereocenters. The van der Waals surface area contributed by atoms with Crippen LogP contribution < -0.4 is 0 Å². The second kappa shape index (κ2) is 6.91. The van der Waals surface area contributed by atoms with Gasteiger partial charge < -0.3 is 4.40 Å². The average Bonchev–Trinajstić information content (AvgIpc) is 2.97. The van der Waals surface area contributed by atoms with Gasteiger partial charge in [0.05, 0.1) is 22.1 Å². The molecule has 5 aromatic carbocycles. The SMILES string of the molecule is c1ccc2c(c1)c1ccccc1c1ccc3ccnc4c5ccccc5n(c5ccccc25)c1c34. The first-order valence-corrected chi connectivity index (χ1v) is 12.0. The molecular weight excluding hydrogens is 424 g/mol. The molecule has 0 fully saturated rings. The van der Waals surface area contributed by atoms with Gasteiger partial charge in [0, 0.05) is 27.7 Å². The summed E-state index contributed by atoms with van der Waals surface area (Å²) >= 11 is 0. The van der Waals surface area contributed by atoms with E-state index in [0.717, 1.165) is 11.0 Å². The molecule has 0 radical (unpaired) electrons. The smallest absolute Gasteiger partial charge is 0.0822 e. The minimum absolute atomic E-state index is 1.05. The molecule has 0 atom stereocenters. The van der Waals surface area contributed by atoms with E-state index in [9.17, 15) is 0 Å². The van der Waals surface area contributed by atoms with Crippen molar-refractivity contribution in [1.29, 1.82) is 0 Å². The van der Waals surface area contributed by atoms with E-state index in [-0.39, 0.29) is 0 Å². The van der Waals surface area contributed by atoms with Crippen molar-refractivity contribution >= 4 is 70.5 Å². The molecule has 3 aromatic heterocycles. The lowest BCUT2D eigenvalue weighted by molar-refractivity contribution is 1.32. The highest BCUT2D eigenvalue weighted by Gasteiger charge is 2.16. The molecule has 0 saturated heterocycles. The van der Waals surface area contributed by atoms with Crippen molar-refractivity contribution in [2.24, 2.45) is 0 Å². The fraction of sp³-hybridized carbons (Fsp3) is 0. The van der Waals surface area contributed by atoms with Crippen molar-refractivity contribution in [3.63, 3.8) is 0 Å². The maximum Gasteiger partial charge on any atom is 0.0822 e. The number of benzene rings is 5. The minimum Gasteiger partial charge on any atom is -0.308 e. The molecule has 8 rings (SSSR count). The highest BCUT2D eigenvalue weighted by molar-refractivity contribution is 6.28. The molecule has 0 N–H and O–H groups in total. The van der Waals surface area contributed by atoms with Crippen LogP contribution in [0.15, 0.2) is 121 Å². The Morgan fingerprint density at radius 3 is 1.63 bits per heavy atom. The summed E-state index contributed by atoms with van der Waals surface area (Å²) in [6.07, 6.45) is 1.93. The molecule has 3 heterocycles. The van der Waals surface area contributed by atoms with E-state index in [0.29, 0.717) is 0 Å². The molecule has 35 heavy (non-hydrogen) atoms. The molecule has 2 nitrogen and oxygen atoms in total. The first-order valence-electron chi connectivity index (χ1n) is 12.0. The van der Waals surface area contributed by atoms with Crippen LogP contribution in [0.4, 0.5) is 0 Å². The van der Waals surface area contributed by atoms with E-state index in [2.05, 4.69) is 120 Å². The average molecular weight is 445 g/mol. The Bertz CT molecular complexity index is 2110. The second-order valence-corrected chi connectivity index (χ2v) is 9.18. The summed E-state index contributed by atoms with van der Waals surface area (Å²) in [5.41, 5.74) is 4.61. The molecule has 0 aliphatic rings. The summed E-state index contributed by atoms with van der Waals surface area (Å²) < 4.78 is 2.47. The Morgan fingerprint density at radius 1 is 0.429 bits per heavy atom. The molecule has 0 bridgehead atoms. The number of rotatable bonds is 0. The number of hydrogen-bond acceptors (Lipinski definition) is 1. The fourth-order valence-electron chi connectivity index (χ4n) is 5.95. The lowest BCUT2D eigenvalue weighted by Crippen LogP contribution is -1.97. The molecule has 0 aliphatic carbocycles. The van der Waals surface area contributed by atoms with Gasteiger partial charge in [0.1, 0.15) is 0 Å². The molecule has 2 heteroatoms. The van der Waals surface area contributed by atoms with Gasteiger partial charge in [-0.1, -0.05) is 97.1 Å². The molecule has 0 aliphatic heterocycles. The second-order valence-electron chi connectivity index (χ2n) is 9.18. The highest BCUT2D eigenvalue weighted by atomic mass is 14.9. The Hall–Kier alpha value is -4.69. The van der Waals surface area contributed by atoms with Crippen LogP contribution in [-0.2, 0) is 0 Å². The van der Waals surface area contributed by atoms with Crippen molar-refractivity contribution in [2.45, 2.75) is 0 Å². The molecular formula is C33H20N2. The van der Waals surface area contributed by atoms with Gasteiger partial charge in [-0.05, 0) is 45.1 Å². The zero-order valence-electron chi connectivity index (χ0n) is 18.9. The molecule has 0 spiro atoms. The maximum absolute atomic E-state index is 4.91. The first kappa shape index (κ1) is 18.7. The predicted molar refractivity (Wildman–Crippen MR) is 149 cm³/mol. The van der Waals surface area contributed by atoms with Crippen LogP contribution in [0.3, 0.4) is 0 Å². The largest absolute Gasteiger partial charge is 0.308 e. The predicted octanol–water partition coefficient (Wildman–Crippen LogP) is 8.82. The summed E-state index contributed by atoms with van der Waals surface area (Å²) in [5, 5.41) is 11.0. The third kappa shape index (κ3) is 2.46. The van der Waals surface area contributed by atoms with E-state index in [4.69, 9.17) is 4.98 Å². The minimum atomic E-state index is 1.05. The first-order chi connectivity index (χ1) is 17.4. The van der Waals surface area contributed by atoms with E-state index in [1.807, 2.05) is 6.20 Å². The van der Waals surface area contributed by atoms with Gasteiger partial charge in [-0.2, -0.15) is 0 Å². The number of para-hydroxylation sites is 2. The van der Waals surface area contributed by atoms with E-state index >= 15 is 0 Å². The lowest BCUT2D eigenvalue weighted by Gasteiger charge is -2.16. The van der Waals surface area contributed by atoms with Crippen LogP contribution in [0.5, 0.6) is 0 Å². The third-order valence-corrected chi connectivity index (χ3v) is 7.40. The van der Waals surface area contributed by atoms with Crippen LogP contribution in [0, 0.1) is 0 Å². The number of fused-ring (bicyclic) bond motifs is 10. The summed E-state index contributed by atoms with van der Waals surface area (Å²) in [6, 6.07) is 41.7. The highest BCUT2D eigenvalue weighted by Crippen LogP contribution is 2.39. The quantitative estimate of drug-likeness (QED) is 0.169. The maximum atomic E-state index is 4.91. The van der Waals surface area contributed by atoms with Gasteiger partial charge in [0.15, 0.2) is 0 Å². The zero-order chi connectivity index (χ0) is 22.9. The zero-order valence-corrected chi connectivity index (χ0v) is 18.9. The van der Waals surface area contributed by atoms with Gasteiger partial charge >= 0.3 is 0 Å². The standard InChI is InChI=1S/C33H20N2/c1-3-11-24-22(9-1)23-10-2-4-12-25(23)27-18-17-21-19-20-34-32-28-14-6-8-16-30(28)35(33(27)31(21)32)29-15-7-5-13-26(24)29/h1-20H. The van der Waals surface area contributed by atoms with Crippen LogP contribution in [-0.4, -0.2) is 9.38 Å². The van der Waals surface area contributed by atoms with E-state index in [1.54, 1.807) is 0 Å². The fourth-order valence-corrected chi connectivity index (χ4v) is 5.95. The van der Waals surface area contributed by atoms with Gasteiger partial charge in [0.2, 0.25) is 0 Å². The van der Waals surface area contributed by atoms with Gasteiger partial charge in [-0.3, -0.25) is 4.98 Å². The van der Waals surface area contributed by atoms with Crippen molar-refractivity contribution in [1.82, 2.24) is 9.38 Å². The lowest BCUT2D eigenvalue weighted by atomic mass is 9.98. The van der Waals surface area contributed by atoms with Crippen LogP contribution in [0.2, 0.25) is 0 Å². The summed E-state index contributed by atoms with van der Waals surface area (Å²) in [6.45, 7) is 0. The number of aromatic nitrogens is 2. The van der Waals surface area contributed by atoms with Crippen molar-refractivity contribution < 1.29 is 0 Å². The summed E-state index contributed by atoms with van der Waals surface area (Å²) in [4.78, 5) is 4.91. The Balaban J connectivity index is 1.94. The van der Waals surface area contributed by atoms with Gasteiger partial charge in [-0.25, -0.2) is 0 Å². The molecule has 162 valence electrons. The van der Waals surface area contributed by atoms with E-state index in [1.165, 1.54) is 59.5 Å². The van der Waals surface area contributed by atoms with Gasteiger partial charge in [-0.15, -0.1) is 0 Å². The molecule has 0 saturated carbocycles. The van der Waals surface area contributed by atoms with Crippen LogP contribution in [0.25, 0.3) is 70.5 Å². The van der Waals surface area contributed by atoms with Crippen molar-refractivity contribution in [2.75, 3.05) is 0 Å². The van der Waals surface area contributed by atoms with Crippen molar-refractivity contribution in [3.05, 3.63) is 121 Å². The third-order valence-electron chi connectivity index (χ3n) is 7.40. The topological polar surface area (TPSA) is 17.3 Å². The van der Waals surface area contributed by atoms with Crippen LogP contribution >= 0.6 is 0 Å². The van der Waals surface area contributed by atoms with Crippen LogP contribution in [0.1, 0.15) is 0 Å². The Labute approximate surface area is 201 Å². The number of hydrogen-bond donors (Lipinski definition) is 0. The molecule has 8 aromatic rings. The Kier molecular flexibility index (Phi) is 3.69. The molecule has 0 amide bonds. The monoisotopic (exact) mass is 444 g/mol. The number of pyridine rings is 2.